The first-order valence-corrected chi connectivity index (χ1v) is 6.21. The van der Waals surface area contributed by atoms with Crippen LogP contribution in [0.4, 0.5) is 0 Å². The largest absolute Gasteiger partial charge is 0.508 e. The van der Waals surface area contributed by atoms with Gasteiger partial charge in [-0.2, -0.15) is 0 Å². The fourth-order valence-electron chi connectivity index (χ4n) is 2.62. The molecular formula is C15H20O3. The van der Waals surface area contributed by atoms with Crippen LogP contribution in [0.1, 0.15) is 33.3 Å². The van der Waals surface area contributed by atoms with Crippen molar-refractivity contribution in [3.63, 3.8) is 0 Å². The van der Waals surface area contributed by atoms with Gasteiger partial charge in [0.2, 0.25) is 0 Å². The molecule has 1 saturated carbocycles. The van der Waals surface area contributed by atoms with Gasteiger partial charge >= 0.3 is 5.97 Å². The molecule has 0 bridgehead atoms. The van der Waals surface area contributed by atoms with Crippen molar-refractivity contribution in [3.05, 3.63) is 29.8 Å². The van der Waals surface area contributed by atoms with Crippen molar-refractivity contribution in [3.8, 4) is 5.75 Å². The fourth-order valence-corrected chi connectivity index (χ4v) is 2.62. The van der Waals surface area contributed by atoms with Crippen molar-refractivity contribution in [1.29, 1.82) is 0 Å². The molecule has 1 aliphatic carbocycles. The van der Waals surface area contributed by atoms with Crippen molar-refractivity contribution < 1.29 is 14.6 Å². The lowest BCUT2D eigenvalue weighted by Crippen LogP contribution is -2.11. The van der Waals surface area contributed by atoms with Crippen LogP contribution in [-0.2, 0) is 16.1 Å². The Morgan fingerprint density at radius 1 is 1.17 bits per heavy atom. The van der Waals surface area contributed by atoms with Crippen LogP contribution < -0.4 is 0 Å². The third kappa shape index (κ3) is 1.98. The Morgan fingerprint density at radius 3 is 2.11 bits per heavy atom. The summed E-state index contributed by atoms with van der Waals surface area (Å²) in [5.74, 6) is 0.0646. The summed E-state index contributed by atoms with van der Waals surface area (Å²) in [5.41, 5.74) is 0.912. The van der Waals surface area contributed by atoms with Crippen LogP contribution in [0.15, 0.2) is 24.3 Å². The van der Waals surface area contributed by atoms with E-state index in [0.29, 0.717) is 0 Å². The second-order valence-corrected chi connectivity index (χ2v) is 6.15. The van der Waals surface area contributed by atoms with Crippen molar-refractivity contribution in [1.82, 2.24) is 0 Å². The molecule has 1 aliphatic rings. The number of aromatic hydroxyl groups is 1. The number of phenolic OH excluding ortho intramolecular Hbond substituents is 1. The Bertz CT molecular complexity index is 443. The van der Waals surface area contributed by atoms with E-state index in [9.17, 15) is 4.79 Å². The molecule has 0 spiro atoms. The molecule has 0 aromatic heterocycles. The lowest BCUT2D eigenvalue weighted by atomic mass is 10.0. The summed E-state index contributed by atoms with van der Waals surface area (Å²) < 4.78 is 5.34. The number of rotatable bonds is 3. The average Bonchev–Trinajstić information content (AvgIpc) is 2.68. The van der Waals surface area contributed by atoms with Gasteiger partial charge in [0.05, 0.1) is 5.92 Å². The summed E-state index contributed by atoms with van der Waals surface area (Å²) in [6.07, 6.45) is 0. The zero-order valence-electron chi connectivity index (χ0n) is 11.4. The molecule has 3 heteroatoms. The van der Waals surface area contributed by atoms with Gasteiger partial charge in [-0.1, -0.05) is 39.8 Å². The molecule has 0 unspecified atom stereocenters. The quantitative estimate of drug-likeness (QED) is 0.836. The first-order valence-electron chi connectivity index (χ1n) is 6.21. The molecule has 1 fully saturated rings. The second-order valence-electron chi connectivity index (χ2n) is 6.15. The van der Waals surface area contributed by atoms with E-state index >= 15 is 0 Å². The van der Waals surface area contributed by atoms with E-state index in [1.807, 2.05) is 0 Å². The second kappa shape index (κ2) is 4.01. The molecule has 1 aromatic rings. The smallest absolute Gasteiger partial charge is 0.310 e. The van der Waals surface area contributed by atoms with Crippen LogP contribution in [0.2, 0.25) is 0 Å². The highest BCUT2D eigenvalue weighted by Gasteiger charge is 2.69. The molecule has 3 nitrogen and oxygen atoms in total. The predicted molar refractivity (Wildman–Crippen MR) is 69.0 cm³/mol. The summed E-state index contributed by atoms with van der Waals surface area (Å²) in [5, 5.41) is 9.16. The monoisotopic (exact) mass is 248 g/mol. The first kappa shape index (κ1) is 12.9. The van der Waals surface area contributed by atoms with Gasteiger partial charge in [0.1, 0.15) is 12.4 Å². The maximum absolute atomic E-state index is 12.0. The summed E-state index contributed by atoms with van der Waals surface area (Å²) >= 11 is 0. The Labute approximate surface area is 108 Å². The van der Waals surface area contributed by atoms with E-state index in [1.54, 1.807) is 24.3 Å². The SMILES string of the molecule is CC1(C)C(C(=O)OCc2ccc(O)cc2)C1(C)C. The maximum Gasteiger partial charge on any atom is 0.310 e. The van der Waals surface area contributed by atoms with Gasteiger partial charge in [-0.15, -0.1) is 0 Å². The summed E-state index contributed by atoms with van der Waals surface area (Å²) in [4.78, 5) is 12.0. The van der Waals surface area contributed by atoms with Crippen LogP contribution >= 0.6 is 0 Å². The molecule has 0 saturated heterocycles. The molecular weight excluding hydrogens is 228 g/mol. The third-order valence-electron chi connectivity index (χ3n) is 4.57. The number of ether oxygens (including phenoxy) is 1. The third-order valence-corrected chi connectivity index (χ3v) is 4.57. The lowest BCUT2D eigenvalue weighted by Gasteiger charge is -2.06. The lowest BCUT2D eigenvalue weighted by molar-refractivity contribution is -0.148. The number of hydrogen-bond acceptors (Lipinski definition) is 3. The molecule has 0 amide bonds. The minimum absolute atomic E-state index is 0.0129. The van der Waals surface area contributed by atoms with Crippen molar-refractivity contribution in [2.75, 3.05) is 0 Å². The molecule has 0 radical (unpaired) electrons. The Hall–Kier alpha value is -1.51. The highest BCUT2D eigenvalue weighted by atomic mass is 16.5. The minimum atomic E-state index is -0.127. The van der Waals surface area contributed by atoms with Crippen molar-refractivity contribution >= 4 is 5.97 Å². The van der Waals surface area contributed by atoms with E-state index in [-0.39, 0.29) is 35.1 Å². The van der Waals surface area contributed by atoms with Gasteiger partial charge in [-0.3, -0.25) is 4.79 Å². The predicted octanol–water partition coefficient (Wildman–Crippen LogP) is 3.12. The molecule has 1 aromatic carbocycles. The molecule has 98 valence electrons. The van der Waals surface area contributed by atoms with Gasteiger partial charge < -0.3 is 9.84 Å². The van der Waals surface area contributed by atoms with E-state index < -0.39 is 0 Å². The van der Waals surface area contributed by atoms with Gasteiger partial charge in [-0.25, -0.2) is 0 Å². The van der Waals surface area contributed by atoms with E-state index in [0.717, 1.165) is 5.56 Å². The molecule has 18 heavy (non-hydrogen) atoms. The molecule has 0 aliphatic heterocycles. The highest BCUT2D eigenvalue weighted by molar-refractivity contribution is 5.78. The number of carbonyl (C=O) groups is 1. The zero-order valence-corrected chi connectivity index (χ0v) is 11.4. The van der Waals surface area contributed by atoms with E-state index in [1.165, 1.54) is 0 Å². The number of hydrogen-bond donors (Lipinski definition) is 1. The maximum atomic E-state index is 12.0. The number of carbonyl (C=O) groups excluding carboxylic acids is 1. The summed E-state index contributed by atoms with van der Waals surface area (Å²) in [6, 6.07) is 6.69. The van der Waals surface area contributed by atoms with Crippen LogP contribution in [0.25, 0.3) is 0 Å². The van der Waals surface area contributed by atoms with Crippen LogP contribution in [0.5, 0.6) is 5.75 Å². The zero-order chi connectivity index (χ0) is 13.6. The van der Waals surface area contributed by atoms with Gasteiger partial charge in [-0.05, 0) is 28.5 Å². The van der Waals surface area contributed by atoms with E-state index in [2.05, 4.69) is 27.7 Å². The van der Waals surface area contributed by atoms with Gasteiger partial charge in [0, 0.05) is 0 Å². The normalized spacial score (nSPS) is 20.4. The van der Waals surface area contributed by atoms with E-state index in [4.69, 9.17) is 9.84 Å². The summed E-state index contributed by atoms with van der Waals surface area (Å²) in [7, 11) is 0. The highest BCUT2D eigenvalue weighted by Crippen LogP contribution is 2.68. The van der Waals surface area contributed by atoms with Crippen molar-refractivity contribution in [2.24, 2.45) is 16.7 Å². The van der Waals surface area contributed by atoms with Crippen LogP contribution in [-0.4, -0.2) is 11.1 Å². The summed E-state index contributed by atoms with van der Waals surface area (Å²) in [6.45, 7) is 8.65. The topological polar surface area (TPSA) is 46.5 Å². The Morgan fingerprint density at radius 2 is 1.67 bits per heavy atom. The van der Waals surface area contributed by atoms with Gasteiger partial charge in [0.15, 0.2) is 0 Å². The number of esters is 1. The molecule has 1 N–H and O–H groups in total. The number of phenols is 1. The Kier molecular flexibility index (Phi) is 2.88. The molecule has 0 heterocycles. The number of benzene rings is 1. The van der Waals surface area contributed by atoms with Crippen LogP contribution in [0, 0.1) is 16.7 Å². The van der Waals surface area contributed by atoms with Gasteiger partial charge in [0.25, 0.3) is 0 Å². The van der Waals surface area contributed by atoms with Crippen LogP contribution in [0.3, 0.4) is 0 Å². The standard InChI is InChI=1S/C15H20O3/c1-14(2)12(15(14,3)4)13(17)18-9-10-5-7-11(16)8-6-10/h5-8,12,16H,9H2,1-4H3. The molecule has 2 rings (SSSR count). The average molecular weight is 248 g/mol. The Balaban J connectivity index is 1.92. The fraction of sp³-hybridized carbons (Fsp3) is 0.533. The molecule has 0 atom stereocenters. The first-order chi connectivity index (χ1) is 8.26. The minimum Gasteiger partial charge on any atom is -0.508 e. The van der Waals surface area contributed by atoms with Crippen molar-refractivity contribution in [2.45, 2.75) is 34.3 Å².